The summed E-state index contributed by atoms with van der Waals surface area (Å²) in [5.74, 6) is -0.311. The summed E-state index contributed by atoms with van der Waals surface area (Å²) in [5.41, 5.74) is 4.24. The van der Waals surface area contributed by atoms with Crippen LogP contribution in [0.5, 0.6) is 0 Å². The van der Waals surface area contributed by atoms with Crippen molar-refractivity contribution in [3.05, 3.63) is 69.7 Å². The maximum Gasteiger partial charge on any atom is 0.258 e. The van der Waals surface area contributed by atoms with Crippen LogP contribution in [-0.4, -0.2) is 20.4 Å². The molecule has 0 unspecified atom stereocenters. The first kappa shape index (κ1) is 16.9. The number of amides is 1. The van der Waals surface area contributed by atoms with E-state index < -0.39 is 0 Å². The third-order valence-electron chi connectivity index (χ3n) is 3.93. The molecule has 2 N–H and O–H groups in total. The molecule has 7 heteroatoms. The lowest BCUT2D eigenvalue weighted by molar-refractivity contribution is 0.102. The number of H-pyrrole nitrogens is 1. The van der Waals surface area contributed by atoms with Crippen molar-refractivity contribution in [2.45, 2.75) is 20.4 Å². The lowest BCUT2D eigenvalue weighted by Gasteiger charge is -2.05. The van der Waals surface area contributed by atoms with Gasteiger partial charge in [-0.1, -0.05) is 6.08 Å². The minimum Gasteiger partial charge on any atom is -0.345 e. The maximum absolute atomic E-state index is 12.2. The van der Waals surface area contributed by atoms with Crippen molar-refractivity contribution >= 4 is 22.4 Å². The summed E-state index contributed by atoms with van der Waals surface area (Å²) in [6, 6.07) is 4.88. The monoisotopic (exact) mass is 354 g/mol. The zero-order valence-corrected chi connectivity index (χ0v) is 14.8. The van der Waals surface area contributed by atoms with Crippen molar-refractivity contribution in [3.63, 3.8) is 0 Å². The van der Waals surface area contributed by atoms with Crippen molar-refractivity contribution in [2.75, 3.05) is 5.32 Å². The Labute approximate surface area is 148 Å². The SMILES string of the molecule is C=CCn1c(C)cc(-c2csc(NC(=O)c3ccc(=O)[nH]c3)n2)c1C. The Morgan fingerprint density at radius 2 is 2.24 bits per heavy atom. The van der Waals surface area contributed by atoms with E-state index in [9.17, 15) is 9.59 Å². The maximum atomic E-state index is 12.2. The molecular formula is C18H18N4O2S. The van der Waals surface area contributed by atoms with Gasteiger partial charge in [0.25, 0.3) is 5.91 Å². The molecule has 3 rings (SSSR count). The molecule has 3 aromatic rings. The number of aromatic amines is 1. The van der Waals surface area contributed by atoms with Gasteiger partial charge in [-0.25, -0.2) is 4.98 Å². The number of allylic oxidation sites excluding steroid dienone is 1. The van der Waals surface area contributed by atoms with Crippen LogP contribution in [0.2, 0.25) is 0 Å². The zero-order valence-electron chi connectivity index (χ0n) is 14.0. The van der Waals surface area contributed by atoms with Crippen molar-refractivity contribution in [3.8, 4) is 11.3 Å². The number of hydrogen-bond donors (Lipinski definition) is 2. The average molecular weight is 354 g/mol. The van der Waals surface area contributed by atoms with Gasteiger partial charge in [0.1, 0.15) is 0 Å². The highest BCUT2D eigenvalue weighted by Gasteiger charge is 2.14. The first-order valence-corrected chi connectivity index (χ1v) is 8.61. The number of aryl methyl sites for hydroxylation is 1. The average Bonchev–Trinajstić information content (AvgIpc) is 3.15. The second-order valence-electron chi connectivity index (χ2n) is 5.62. The Morgan fingerprint density at radius 1 is 1.44 bits per heavy atom. The molecule has 1 amide bonds. The molecule has 6 nitrogen and oxygen atoms in total. The summed E-state index contributed by atoms with van der Waals surface area (Å²) in [6.07, 6.45) is 3.25. The third kappa shape index (κ3) is 3.46. The van der Waals surface area contributed by atoms with Crippen molar-refractivity contribution in [1.29, 1.82) is 0 Å². The van der Waals surface area contributed by atoms with Gasteiger partial charge in [-0.2, -0.15) is 0 Å². The fourth-order valence-corrected chi connectivity index (χ4v) is 3.35. The number of pyridine rings is 1. The van der Waals surface area contributed by atoms with Crippen LogP contribution in [0.25, 0.3) is 11.3 Å². The molecule has 0 fully saturated rings. The standard InChI is InChI=1S/C18H18N4O2S/c1-4-7-22-11(2)8-14(12(22)3)15-10-25-18(20-15)21-17(24)13-5-6-16(23)19-9-13/h4-6,8-10H,1,7H2,2-3H3,(H,19,23)(H,20,21,24). The number of rotatable bonds is 5. The van der Waals surface area contributed by atoms with Gasteiger partial charge in [0.2, 0.25) is 5.56 Å². The number of carbonyl (C=O) groups is 1. The number of carbonyl (C=O) groups excluding carboxylic acids is 1. The van der Waals surface area contributed by atoms with E-state index in [1.54, 1.807) is 0 Å². The van der Waals surface area contributed by atoms with Gasteiger partial charge in [-0.3, -0.25) is 14.9 Å². The van der Waals surface area contributed by atoms with Gasteiger partial charge in [-0.15, -0.1) is 17.9 Å². The highest BCUT2D eigenvalue weighted by Crippen LogP contribution is 2.30. The molecule has 0 bridgehead atoms. The van der Waals surface area contributed by atoms with Gasteiger partial charge in [-0.05, 0) is 26.0 Å². The highest BCUT2D eigenvalue weighted by molar-refractivity contribution is 7.14. The van der Waals surface area contributed by atoms with Gasteiger partial charge in [0.05, 0.1) is 11.3 Å². The van der Waals surface area contributed by atoms with E-state index >= 15 is 0 Å². The number of hydrogen-bond acceptors (Lipinski definition) is 4. The largest absolute Gasteiger partial charge is 0.345 e. The smallest absolute Gasteiger partial charge is 0.258 e. The zero-order chi connectivity index (χ0) is 18.0. The molecule has 0 aliphatic carbocycles. The molecule has 0 radical (unpaired) electrons. The molecule has 3 heterocycles. The fourth-order valence-electron chi connectivity index (χ4n) is 2.65. The van der Waals surface area contributed by atoms with Crippen molar-refractivity contribution in [1.82, 2.24) is 14.5 Å². The topological polar surface area (TPSA) is 79.8 Å². The van der Waals surface area contributed by atoms with Crippen molar-refractivity contribution in [2.24, 2.45) is 0 Å². The summed E-state index contributed by atoms with van der Waals surface area (Å²) < 4.78 is 2.17. The number of anilines is 1. The van der Waals surface area contributed by atoms with Crippen LogP contribution in [0, 0.1) is 13.8 Å². The molecular weight excluding hydrogens is 336 g/mol. The van der Waals surface area contributed by atoms with Crippen LogP contribution in [0.3, 0.4) is 0 Å². The first-order valence-electron chi connectivity index (χ1n) is 7.73. The lowest BCUT2D eigenvalue weighted by Crippen LogP contribution is -2.14. The molecule has 0 saturated heterocycles. The van der Waals surface area contributed by atoms with Crippen molar-refractivity contribution < 1.29 is 4.79 Å². The highest BCUT2D eigenvalue weighted by atomic mass is 32.1. The minimum atomic E-state index is -0.311. The van der Waals surface area contributed by atoms with E-state index in [1.807, 2.05) is 25.3 Å². The van der Waals surface area contributed by atoms with E-state index in [1.165, 1.54) is 29.7 Å². The van der Waals surface area contributed by atoms with Gasteiger partial charge < -0.3 is 9.55 Å². The van der Waals surface area contributed by atoms with E-state index in [-0.39, 0.29) is 11.5 Å². The molecule has 0 spiro atoms. The first-order chi connectivity index (χ1) is 12.0. The normalized spacial score (nSPS) is 10.6. The van der Waals surface area contributed by atoms with Crippen LogP contribution in [0.15, 0.2) is 47.2 Å². The Kier molecular flexibility index (Phi) is 4.67. The number of aromatic nitrogens is 3. The second-order valence-corrected chi connectivity index (χ2v) is 6.48. The number of thiazole rings is 1. The van der Waals surface area contributed by atoms with Crippen LogP contribution in [0.1, 0.15) is 21.7 Å². The predicted molar refractivity (Wildman–Crippen MR) is 100 cm³/mol. The summed E-state index contributed by atoms with van der Waals surface area (Å²) >= 11 is 1.36. The van der Waals surface area contributed by atoms with Crippen LogP contribution in [-0.2, 0) is 6.54 Å². The quantitative estimate of drug-likeness (QED) is 0.690. The van der Waals surface area contributed by atoms with E-state index in [4.69, 9.17) is 0 Å². The van der Waals surface area contributed by atoms with E-state index in [2.05, 4.69) is 32.5 Å². The van der Waals surface area contributed by atoms with E-state index in [0.717, 1.165) is 29.2 Å². The molecule has 128 valence electrons. The van der Waals surface area contributed by atoms with Crippen LogP contribution >= 0.6 is 11.3 Å². The predicted octanol–water partition coefficient (Wildman–Crippen LogP) is 3.36. The Hall–Kier alpha value is -2.93. The van der Waals surface area contributed by atoms with Gasteiger partial charge >= 0.3 is 0 Å². The molecule has 0 saturated carbocycles. The van der Waals surface area contributed by atoms with Gasteiger partial charge in [0.15, 0.2) is 5.13 Å². The lowest BCUT2D eigenvalue weighted by atomic mass is 10.2. The molecule has 3 aromatic heterocycles. The molecule has 0 aliphatic heterocycles. The molecule has 25 heavy (non-hydrogen) atoms. The third-order valence-corrected chi connectivity index (χ3v) is 4.69. The Balaban J connectivity index is 1.82. The Bertz CT molecular complexity index is 976. The minimum absolute atomic E-state index is 0.247. The second kappa shape index (κ2) is 6.90. The molecule has 0 aliphatic rings. The summed E-state index contributed by atoms with van der Waals surface area (Å²) in [6.45, 7) is 8.63. The summed E-state index contributed by atoms with van der Waals surface area (Å²) in [4.78, 5) is 30.3. The fraction of sp³-hybridized carbons (Fsp3) is 0.167. The summed E-state index contributed by atoms with van der Waals surface area (Å²) in [5, 5.41) is 5.19. The number of nitrogens with one attached hydrogen (secondary N) is 2. The van der Waals surface area contributed by atoms with E-state index in [0.29, 0.717) is 10.7 Å². The Morgan fingerprint density at radius 3 is 2.92 bits per heavy atom. The summed E-state index contributed by atoms with van der Waals surface area (Å²) in [7, 11) is 0. The molecule has 0 aromatic carbocycles. The molecule has 0 atom stereocenters. The number of nitrogens with zero attached hydrogens (tertiary/aromatic N) is 2. The van der Waals surface area contributed by atoms with Crippen LogP contribution < -0.4 is 10.9 Å². The van der Waals surface area contributed by atoms with Gasteiger partial charge in [0, 0.05) is 41.1 Å². The van der Waals surface area contributed by atoms with Crippen LogP contribution in [0.4, 0.5) is 5.13 Å².